The number of carbonyl (C=O) groups excluding carboxylic acids is 1. The van der Waals surface area contributed by atoms with Gasteiger partial charge in [-0.1, -0.05) is 30.3 Å². The zero-order valence-electron chi connectivity index (χ0n) is 13.4. The lowest BCUT2D eigenvalue weighted by Crippen LogP contribution is -2.46. The average molecular weight is 371 g/mol. The third-order valence-corrected chi connectivity index (χ3v) is 3.81. The summed E-state index contributed by atoms with van der Waals surface area (Å²) in [6.07, 6.45) is 0. The third kappa shape index (κ3) is 4.01. The normalized spacial score (nSPS) is 10.3. The van der Waals surface area contributed by atoms with Crippen LogP contribution >= 0.6 is 12.2 Å². The van der Waals surface area contributed by atoms with Crippen LogP contribution in [0, 0.1) is 5.82 Å². The van der Waals surface area contributed by atoms with E-state index in [0.29, 0.717) is 17.3 Å². The lowest BCUT2D eigenvalue weighted by Gasteiger charge is -2.12. The van der Waals surface area contributed by atoms with Crippen molar-refractivity contribution in [1.82, 2.24) is 26.4 Å². The molecule has 0 aliphatic carbocycles. The van der Waals surface area contributed by atoms with Gasteiger partial charge in [0.15, 0.2) is 10.8 Å². The smallest absolute Gasteiger partial charge is 0.290 e. The first kappa shape index (κ1) is 17.5. The van der Waals surface area contributed by atoms with Crippen molar-refractivity contribution in [2.24, 2.45) is 0 Å². The molecule has 132 valence electrons. The van der Waals surface area contributed by atoms with E-state index >= 15 is 0 Å². The van der Waals surface area contributed by atoms with Gasteiger partial charge in [0.25, 0.3) is 11.5 Å². The number of thiocarbonyl (C=S) groups is 1. The monoisotopic (exact) mass is 371 g/mol. The number of hydrogen-bond donors (Lipinski definition) is 4. The minimum absolute atomic E-state index is 0.0639. The van der Waals surface area contributed by atoms with Crippen LogP contribution in [0.25, 0.3) is 10.8 Å². The summed E-state index contributed by atoms with van der Waals surface area (Å²) < 4.78 is 12.9. The Hall–Kier alpha value is -3.33. The molecule has 0 bridgehead atoms. The average Bonchev–Trinajstić information content (AvgIpc) is 2.66. The van der Waals surface area contributed by atoms with Crippen LogP contribution in [-0.2, 0) is 6.54 Å². The number of carbonyl (C=O) groups is 1. The number of halogens is 1. The maximum atomic E-state index is 12.9. The standard InChI is InChI=1S/C17H14FN5O2S/c18-11-7-5-10(6-8-11)9-19-17(26)23-22-16(25)14-12-3-1-2-4-13(12)15(24)21-20-14/h1-8H,9H2,(H,21,24)(H,22,25)(H2,19,23,26). The van der Waals surface area contributed by atoms with Crippen molar-refractivity contribution in [3.8, 4) is 0 Å². The van der Waals surface area contributed by atoms with Crippen molar-refractivity contribution >= 4 is 34.0 Å². The van der Waals surface area contributed by atoms with Crippen molar-refractivity contribution < 1.29 is 9.18 Å². The van der Waals surface area contributed by atoms with Gasteiger partial charge in [-0.05, 0) is 36.0 Å². The molecule has 0 saturated heterocycles. The summed E-state index contributed by atoms with van der Waals surface area (Å²) in [5.41, 5.74) is 5.49. The predicted molar refractivity (Wildman–Crippen MR) is 98.8 cm³/mol. The number of hydrogen-bond acceptors (Lipinski definition) is 4. The molecule has 1 aromatic heterocycles. The Balaban J connectivity index is 1.60. The molecule has 2 aromatic carbocycles. The van der Waals surface area contributed by atoms with Crippen molar-refractivity contribution in [3.63, 3.8) is 0 Å². The molecule has 0 atom stereocenters. The van der Waals surface area contributed by atoms with E-state index in [1.165, 1.54) is 12.1 Å². The summed E-state index contributed by atoms with van der Waals surface area (Å²) >= 11 is 5.07. The minimum atomic E-state index is -0.552. The number of nitrogens with zero attached hydrogens (tertiary/aromatic N) is 1. The Morgan fingerprint density at radius 3 is 2.50 bits per heavy atom. The van der Waals surface area contributed by atoms with E-state index < -0.39 is 5.91 Å². The summed E-state index contributed by atoms with van der Waals surface area (Å²) in [5.74, 6) is -0.870. The highest BCUT2D eigenvalue weighted by atomic mass is 32.1. The second kappa shape index (κ2) is 7.70. The summed E-state index contributed by atoms with van der Waals surface area (Å²) in [6, 6.07) is 12.6. The van der Waals surface area contributed by atoms with Gasteiger partial charge in [0.2, 0.25) is 0 Å². The fraction of sp³-hybridized carbons (Fsp3) is 0.0588. The molecule has 0 unspecified atom stereocenters. The Bertz CT molecular complexity index is 1020. The molecule has 0 aliphatic rings. The maximum absolute atomic E-state index is 12.9. The number of aromatic amines is 1. The second-order valence-electron chi connectivity index (χ2n) is 5.34. The van der Waals surface area contributed by atoms with Crippen LogP contribution in [-0.4, -0.2) is 21.2 Å². The van der Waals surface area contributed by atoms with Gasteiger partial charge in [-0.3, -0.25) is 20.4 Å². The van der Waals surface area contributed by atoms with E-state index in [-0.39, 0.29) is 22.2 Å². The highest BCUT2D eigenvalue weighted by Gasteiger charge is 2.13. The highest BCUT2D eigenvalue weighted by Crippen LogP contribution is 2.11. The largest absolute Gasteiger partial charge is 0.357 e. The molecule has 9 heteroatoms. The van der Waals surface area contributed by atoms with Gasteiger partial charge in [-0.15, -0.1) is 0 Å². The first-order chi connectivity index (χ1) is 12.5. The van der Waals surface area contributed by atoms with E-state index in [1.54, 1.807) is 36.4 Å². The number of nitrogens with one attached hydrogen (secondary N) is 4. The van der Waals surface area contributed by atoms with Crippen LogP contribution < -0.4 is 21.7 Å². The molecule has 1 heterocycles. The molecule has 3 rings (SSSR count). The first-order valence-electron chi connectivity index (χ1n) is 7.60. The van der Waals surface area contributed by atoms with E-state index in [2.05, 4.69) is 26.4 Å². The summed E-state index contributed by atoms with van der Waals surface area (Å²) in [7, 11) is 0. The zero-order chi connectivity index (χ0) is 18.5. The molecule has 0 radical (unpaired) electrons. The van der Waals surface area contributed by atoms with Gasteiger partial charge < -0.3 is 5.32 Å². The predicted octanol–water partition coefficient (Wildman–Crippen LogP) is 1.37. The van der Waals surface area contributed by atoms with Crippen molar-refractivity contribution in [1.29, 1.82) is 0 Å². The van der Waals surface area contributed by atoms with Gasteiger partial charge in [0.05, 0.1) is 5.39 Å². The van der Waals surface area contributed by atoms with Gasteiger partial charge in [0, 0.05) is 11.9 Å². The van der Waals surface area contributed by atoms with Crippen LogP contribution in [0.3, 0.4) is 0 Å². The molecule has 0 saturated carbocycles. The second-order valence-corrected chi connectivity index (χ2v) is 5.74. The molecular formula is C17H14FN5O2S. The topological polar surface area (TPSA) is 98.9 Å². The lowest BCUT2D eigenvalue weighted by atomic mass is 10.1. The highest BCUT2D eigenvalue weighted by molar-refractivity contribution is 7.80. The van der Waals surface area contributed by atoms with E-state index in [4.69, 9.17) is 12.2 Å². The van der Waals surface area contributed by atoms with Crippen molar-refractivity contribution in [2.75, 3.05) is 0 Å². The number of benzene rings is 2. The lowest BCUT2D eigenvalue weighted by molar-refractivity contribution is 0.0939. The Kier molecular flexibility index (Phi) is 5.18. The molecule has 3 aromatic rings. The molecule has 4 N–H and O–H groups in total. The molecular weight excluding hydrogens is 357 g/mol. The number of fused-ring (bicyclic) bond motifs is 1. The molecule has 7 nitrogen and oxygen atoms in total. The summed E-state index contributed by atoms with van der Waals surface area (Å²) in [4.78, 5) is 24.0. The van der Waals surface area contributed by atoms with Crippen molar-refractivity contribution in [3.05, 3.63) is 76.0 Å². The van der Waals surface area contributed by atoms with Gasteiger partial charge in [-0.25, -0.2) is 9.49 Å². The quantitative estimate of drug-likeness (QED) is 0.410. The number of rotatable bonds is 3. The molecule has 0 aliphatic heterocycles. The Morgan fingerprint density at radius 2 is 1.77 bits per heavy atom. The fourth-order valence-corrected chi connectivity index (χ4v) is 2.41. The molecule has 1 amide bonds. The Labute approximate surface area is 152 Å². The van der Waals surface area contributed by atoms with Gasteiger partial charge in [-0.2, -0.15) is 5.10 Å². The van der Waals surface area contributed by atoms with E-state index in [0.717, 1.165) is 5.56 Å². The Morgan fingerprint density at radius 1 is 1.08 bits per heavy atom. The molecule has 0 fully saturated rings. The number of amides is 1. The maximum Gasteiger partial charge on any atom is 0.290 e. The van der Waals surface area contributed by atoms with Crippen LogP contribution in [0.5, 0.6) is 0 Å². The number of H-pyrrole nitrogens is 1. The molecule has 26 heavy (non-hydrogen) atoms. The first-order valence-corrected chi connectivity index (χ1v) is 8.01. The van der Waals surface area contributed by atoms with Crippen molar-refractivity contribution in [2.45, 2.75) is 6.54 Å². The SMILES string of the molecule is O=C(NNC(=S)NCc1ccc(F)cc1)c1n[nH]c(=O)c2ccccc12. The third-order valence-electron chi connectivity index (χ3n) is 3.57. The van der Waals surface area contributed by atoms with Crippen LogP contribution in [0.15, 0.2) is 53.3 Å². The van der Waals surface area contributed by atoms with Gasteiger partial charge >= 0.3 is 0 Å². The number of aromatic nitrogens is 2. The van der Waals surface area contributed by atoms with Gasteiger partial charge in [0.1, 0.15) is 5.82 Å². The summed E-state index contributed by atoms with van der Waals surface area (Å²) in [5, 5.41) is 9.94. The van der Waals surface area contributed by atoms with E-state index in [9.17, 15) is 14.0 Å². The fourth-order valence-electron chi connectivity index (χ4n) is 2.29. The van der Waals surface area contributed by atoms with E-state index in [1.807, 2.05) is 0 Å². The number of hydrazine groups is 1. The van der Waals surface area contributed by atoms with Crippen LogP contribution in [0.4, 0.5) is 4.39 Å². The zero-order valence-corrected chi connectivity index (χ0v) is 14.2. The molecule has 0 spiro atoms. The van der Waals surface area contributed by atoms with Crippen LogP contribution in [0.1, 0.15) is 16.1 Å². The van der Waals surface area contributed by atoms with Crippen LogP contribution in [0.2, 0.25) is 0 Å². The minimum Gasteiger partial charge on any atom is -0.357 e. The summed E-state index contributed by atoms with van der Waals surface area (Å²) in [6.45, 7) is 0.363.